The molecule has 1 aliphatic heterocycles. The SMILES string of the molecule is Cc1ccc2cc(N3CCC4(C=C(c5c(-c6ccncc6C)noc5C5CC5)C4)CC3)ccc2n1. The number of hydrogen-bond donors (Lipinski definition) is 0. The van der Waals surface area contributed by atoms with Crippen LogP contribution in [0.25, 0.3) is 27.7 Å². The maximum atomic E-state index is 5.95. The van der Waals surface area contributed by atoms with Crippen LogP contribution in [0.5, 0.6) is 0 Å². The molecule has 0 amide bonds. The number of aryl methyl sites for hydroxylation is 2. The number of pyridine rings is 2. The maximum Gasteiger partial charge on any atom is 0.147 e. The van der Waals surface area contributed by atoms with Gasteiger partial charge in [-0.25, -0.2) is 0 Å². The van der Waals surface area contributed by atoms with Gasteiger partial charge >= 0.3 is 0 Å². The number of allylic oxidation sites excluding steroid dienone is 2. The van der Waals surface area contributed by atoms with Crippen molar-refractivity contribution in [2.45, 2.75) is 51.9 Å². The van der Waals surface area contributed by atoms with Crippen LogP contribution in [-0.2, 0) is 0 Å². The third-order valence-electron chi connectivity index (χ3n) is 8.22. The molecule has 176 valence electrons. The molecule has 5 nitrogen and oxygen atoms in total. The lowest BCUT2D eigenvalue weighted by Gasteiger charge is -2.47. The van der Waals surface area contributed by atoms with E-state index in [4.69, 9.17) is 4.52 Å². The zero-order chi connectivity index (χ0) is 23.6. The highest BCUT2D eigenvalue weighted by Gasteiger charge is 2.43. The molecule has 1 saturated carbocycles. The van der Waals surface area contributed by atoms with Crippen LogP contribution in [0.15, 0.2) is 59.4 Å². The summed E-state index contributed by atoms with van der Waals surface area (Å²) in [5, 5.41) is 5.79. The van der Waals surface area contributed by atoms with E-state index in [2.05, 4.69) is 69.4 Å². The maximum absolute atomic E-state index is 5.95. The Balaban J connectivity index is 1.14. The number of nitrogens with zero attached hydrogens (tertiary/aromatic N) is 4. The summed E-state index contributed by atoms with van der Waals surface area (Å²) in [4.78, 5) is 11.5. The first-order valence-corrected chi connectivity index (χ1v) is 12.8. The van der Waals surface area contributed by atoms with Crippen LogP contribution in [-0.4, -0.2) is 28.2 Å². The van der Waals surface area contributed by atoms with Gasteiger partial charge in [0, 0.05) is 59.3 Å². The molecule has 3 aromatic heterocycles. The third-order valence-corrected chi connectivity index (χ3v) is 8.22. The van der Waals surface area contributed by atoms with Crippen molar-refractivity contribution in [1.29, 1.82) is 0 Å². The number of anilines is 1. The molecular weight excluding hydrogens is 432 g/mol. The van der Waals surface area contributed by atoms with Crippen LogP contribution in [0.1, 0.15) is 60.6 Å². The van der Waals surface area contributed by atoms with Crippen LogP contribution in [0.2, 0.25) is 0 Å². The van der Waals surface area contributed by atoms with Gasteiger partial charge < -0.3 is 9.42 Å². The highest BCUT2D eigenvalue weighted by Crippen LogP contribution is 2.55. The summed E-state index contributed by atoms with van der Waals surface area (Å²) in [6, 6.07) is 13.0. The van der Waals surface area contributed by atoms with E-state index in [1.54, 1.807) is 0 Å². The predicted octanol–water partition coefficient (Wildman–Crippen LogP) is 6.85. The van der Waals surface area contributed by atoms with Gasteiger partial charge in [0.1, 0.15) is 11.5 Å². The summed E-state index contributed by atoms with van der Waals surface area (Å²) in [7, 11) is 0. The quantitative estimate of drug-likeness (QED) is 0.332. The van der Waals surface area contributed by atoms with Crippen LogP contribution in [0, 0.1) is 19.3 Å². The van der Waals surface area contributed by atoms with Crippen molar-refractivity contribution in [2.75, 3.05) is 18.0 Å². The minimum absolute atomic E-state index is 0.310. The Hall–Kier alpha value is -3.47. The van der Waals surface area contributed by atoms with Crippen LogP contribution < -0.4 is 4.90 Å². The zero-order valence-electron chi connectivity index (χ0n) is 20.4. The van der Waals surface area contributed by atoms with Gasteiger partial charge in [-0.1, -0.05) is 17.3 Å². The molecule has 2 aliphatic carbocycles. The fraction of sp³-hybridized carbons (Fsp3) is 0.367. The van der Waals surface area contributed by atoms with Gasteiger partial charge in [-0.3, -0.25) is 9.97 Å². The van der Waals surface area contributed by atoms with Gasteiger partial charge in [-0.05, 0) is 92.8 Å². The minimum atomic E-state index is 0.310. The van der Waals surface area contributed by atoms with Crippen molar-refractivity contribution in [3.63, 3.8) is 0 Å². The Kier molecular flexibility index (Phi) is 4.63. The second kappa shape index (κ2) is 7.77. The molecule has 0 radical (unpaired) electrons. The highest BCUT2D eigenvalue weighted by molar-refractivity contribution is 5.85. The molecule has 5 heteroatoms. The lowest BCUT2D eigenvalue weighted by atomic mass is 9.63. The lowest BCUT2D eigenvalue weighted by Crippen LogP contribution is -2.42. The molecule has 3 aliphatic rings. The fourth-order valence-electron chi connectivity index (χ4n) is 5.98. The monoisotopic (exact) mass is 462 g/mol. The number of hydrogen-bond acceptors (Lipinski definition) is 5. The standard InChI is InChI=1S/C30H30N4O/c1-19-18-31-12-9-25(19)28-27(29(35-33-28)21-5-6-21)23-16-30(17-23)10-13-34(14-11-30)24-7-8-26-22(15-24)4-3-20(2)32-26/h3-4,7-9,12,15-16,18,21H,5-6,10-11,13-14,17H2,1-2H3. The summed E-state index contributed by atoms with van der Waals surface area (Å²) in [5.74, 6) is 1.65. The average molecular weight is 463 g/mol. The molecule has 1 saturated heterocycles. The summed E-state index contributed by atoms with van der Waals surface area (Å²) in [6.07, 6.45) is 12.3. The summed E-state index contributed by atoms with van der Waals surface area (Å²) in [6.45, 7) is 6.33. The van der Waals surface area contributed by atoms with Crippen LogP contribution >= 0.6 is 0 Å². The summed E-state index contributed by atoms with van der Waals surface area (Å²) in [5.41, 5.74) is 9.76. The smallest absolute Gasteiger partial charge is 0.147 e. The van der Waals surface area contributed by atoms with E-state index in [9.17, 15) is 0 Å². The number of fused-ring (bicyclic) bond motifs is 1. The average Bonchev–Trinajstić information content (AvgIpc) is 3.61. The summed E-state index contributed by atoms with van der Waals surface area (Å²) < 4.78 is 5.95. The molecule has 0 bridgehead atoms. The van der Waals surface area contributed by atoms with Gasteiger partial charge in [-0.15, -0.1) is 0 Å². The molecule has 1 aromatic carbocycles. The van der Waals surface area contributed by atoms with Crippen molar-refractivity contribution in [2.24, 2.45) is 5.41 Å². The molecule has 1 spiro atoms. The molecule has 4 aromatic rings. The fourth-order valence-corrected chi connectivity index (χ4v) is 5.98. The second-order valence-corrected chi connectivity index (χ2v) is 10.8. The Morgan fingerprint density at radius 2 is 1.86 bits per heavy atom. The minimum Gasteiger partial charge on any atom is -0.371 e. The van der Waals surface area contributed by atoms with Crippen molar-refractivity contribution in [1.82, 2.24) is 15.1 Å². The van der Waals surface area contributed by atoms with Gasteiger partial charge in [0.2, 0.25) is 0 Å². The van der Waals surface area contributed by atoms with Crippen molar-refractivity contribution >= 4 is 22.2 Å². The Bertz CT molecular complexity index is 1470. The summed E-state index contributed by atoms with van der Waals surface area (Å²) >= 11 is 0. The molecule has 7 rings (SSSR count). The molecule has 2 fully saturated rings. The number of piperidine rings is 1. The van der Waals surface area contributed by atoms with Gasteiger partial charge in [-0.2, -0.15) is 0 Å². The van der Waals surface area contributed by atoms with E-state index < -0.39 is 0 Å². The molecule has 0 N–H and O–H groups in total. The van der Waals surface area contributed by atoms with E-state index in [0.29, 0.717) is 11.3 Å². The largest absolute Gasteiger partial charge is 0.371 e. The van der Waals surface area contributed by atoms with E-state index in [1.165, 1.54) is 47.9 Å². The first-order chi connectivity index (χ1) is 17.1. The van der Waals surface area contributed by atoms with E-state index in [-0.39, 0.29) is 0 Å². The number of aromatic nitrogens is 3. The lowest BCUT2D eigenvalue weighted by molar-refractivity contribution is 0.277. The number of rotatable bonds is 4. The van der Waals surface area contributed by atoms with E-state index in [0.717, 1.165) is 53.3 Å². The first kappa shape index (κ1) is 20.9. The topological polar surface area (TPSA) is 55.1 Å². The van der Waals surface area contributed by atoms with Crippen molar-refractivity contribution in [3.05, 3.63) is 77.4 Å². The first-order valence-electron chi connectivity index (χ1n) is 12.8. The van der Waals surface area contributed by atoms with Crippen LogP contribution in [0.3, 0.4) is 0 Å². The zero-order valence-corrected chi connectivity index (χ0v) is 20.4. The third kappa shape index (κ3) is 3.56. The Morgan fingerprint density at radius 1 is 1.03 bits per heavy atom. The highest BCUT2D eigenvalue weighted by atomic mass is 16.5. The van der Waals surface area contributed by atoms with Crippen LogP contribution in [0.4, 0.5) is 5.69 Å². The van der Waals surface area contributed by atoms with Crippen molar-refractivity contribution < 1.29 is 4.52 Å². The van der Waals surface area contributed by atoms with Gasteiger partial charge in [0.05, 0.1) is 5.52 Å². The van der Waals surface area contributed by atoms with Crippen molar-refractivity contribution in [3.8, 4) is 11.3 Å². The Labute approximate surface area is 205 Å². The van der Waals surface area contributed by atoms with Gasteiger partial charge in [0.25, 0.3) is 0 Å². The normalized spacial score (nSPS) is 19.1. The molecule has 0 atom stereocenters. The molecule has 0 unspecified atom stereocenters. The van der Waals surface area contributed by atoms with E-state index in [1.807, 2.05) is 19.3 Å². The second-order valence-electron chi connectivity index (χ2n) is 10.8. The molecule has 35 heavy (non-hydrogen) atoms. The Morgan fingerprint density at radius 3 is 2.63 bits per heavy atom. The van der Waals surface area contributed by atoms with E-state index >= 15 is 0 Å². The number of benzene rings is 1. The molecule has 4 heterocycles. The van der Waals surface area contributed by atoms with Gasteiger partial charge in [0.15, 0.2) is 0 Å². The molecular formula is C30H30N4O. The predicted molar refractivity (Wildman–Crippen MR) is 139 cm³/mol.